The number of nitrogens with one attached hydrogen (secondary N) is 1. The van der Waals surface area contributed by atoms with E-state index in [4.69, 9.17) is 4.43 Å². The molecule has 1 aromatic rings. The molecular weight excluding hydrogens is 402 g/mol. The lowest BCUT2D eigenvalue weighted by Gasteiger charge is -2.41. The van der Waals surface area contributed by atoms with Gasteiger partial charge in [-0.15, -0.1) is 11.3 Å². The average Bonchev–Trinajstić information content (AvgIpc) is 2.80. The molecule has 1 aliphatic rings. The van der Waals surface area contributed by atoms with Gasteiger partial charge >= 0.3 is 0 Å². The van der Waals surface area contributed by atoms with Crippen LogP contribution in [0.15, 0.2) is 9.85 Å². The van der Waals surface area contributed by atoms with Gasteiger partial charge in [0.1, 0.15) is 0 Å². The molecule has 0 aromatic carbocycles. The molecule has 0 atom stereocenters. The van der Waals surface area contributed by atoms with Gasteiger partial charge in [0, 0.05) is 19.1 Å². The van der Waals surface area contributed by atoms with Gasteiger partial charge in [-0.25, -0.2) is 0 Å². The number of hydrogen-bond acceptors (Lipinski definition) is 4. The molecule has 0 aliphatic heterocycles. The second-order valence-electron chi connectivity index (χ2n) is 8.35. The lowest BCUT2D eigenvalue weighted by molar-refractivity contribution is 0.102. The third-order valence-corrected chi connectivity index (χ3v) is 11.6. The van der Waals surface area contributed by atoms with Crippen LogP contribution < -0.4 is 5.32 Å². The van der Waals surface area contributed by atoms with Gasteiger partial charge in [0.05, 0.1) is 14.4 Å². The summed E-state index contributed by atoms with van der Waals surface area (Å²) in [5.41, 5.74) is 0.980. The highest BCUT2D eigenvalue weighted by molar-refractivity contribution is 9.11. The Labute approximate surface area is 159 Å². The molecule has 136 valence electrons. The molecule has 1 heterocycles. The first kappa shape index (κ1) is 20.1. The molecule has 1 fully saturated rings. The van der Waals surface area contributed by atoms with Gasteiger partial charge in [0.25, 0.3) is 0 Å². The van der Waals surface area contributed by atoms with Crippen LogP contribution in [0, 0.1) is 0 Å². The Morgan fingerprint density at radius 3 is 2.38 bits per heavy atom. The van der Waals surface area contributed by atoms with Crippen LogP contribution in [0.2, 0.25) is 18.1 Å². The van der Waals surface area contributed by atoms with Crippen molar-refractivity contribution in [2.75, 3.05) is 5.32 Å². The van der Waals surface area contributed by atoms with E-state index in [1.165, 1.54) is 11.3 Å². The van der Waals surface area contributed by atoms with Crippen molar-refractivity contribution in [3.8, 4) is 0 Å². The second kappa shape index (κ2) is 7.60. The van der Waals surface area contributed by atoms with E-state index >= 15 is 0 Å². The Balaban J connectivity index is 1.91. The first-order chi connectivity index (χ1) is 11.0. The average molecular weight is 433 g/mol. The monoisotopic (exact) mass is 431 g/mol. The van der Waals surface area contributed by atoms with Gasteiger partial charge in [0.15, 0.2) is 14.1 Å². The standard InChI is InChI=1S/C18H30BrNO2SSi/c1-12(21)17-15(11-16(19)23-17)20-13-7-9-14(10-8-13)22-24(5,6)18(2,3)4/h11,13-14,20H,7-10H2,1-6H3/t13-,14+. The number of ketones is 1. The smallest absolute Gasteiger partial charge is 0.192 e. The normalized spacial score (nSPS) is 22.5. The second-order valence-corrected chi connectivity index (χ2v) is 15.5. The maximum absolute atomic E-state index is 11.8. The highest BCUT2D eigenvalue weighted by Gasteiger charge is 2.39. The minimum Gasteiger partial charge on any atom is -0.414 e. The van der Waals surface area contributed by atoms with Crippen molar-refractivity contribution in [2.24, 2.45) is 0 Å². The summed E-state index contributed by atoms with van der Waals surface area (Å²) in [6, 6.07) is 2.46. The highest BCUT2D eigenvalue weighted by atomic mass is 79.9. The molecule has 0 spiro atoms. The summed E-state index contributed by atoms with van der Waals surface area (Å²) in [4.78, 5) is 12.6. The van der Waals surface area contributed by atoms with E-state index in [9.17, 15) is 4.79 Å². The molecule has 0 saturated heterocycles. The summed E-state index contributed by atoms with van der Waals surface area (Å²) < 4.78 is 7.56. The van der Waals surface area contributed by atoms with Crippen LogP contribution in [0.4, 0.5) is 5.69 Å². The quantitative estimate of drug-likeness (QED) is 0.429. The third-order valence-electron chi connectivity index (χ3n) is 5.32. The number of Topliss-reactive ketones (excluding diaryl/α,β-unsaturated/α-hetero) is 1. The van der Waals surface area contributed by atoms with E-state index in [1.54, 1.807) is 6.92 Å². The molecule has 24 heavy (non-hydrogen) atoms. The van der Waals surface area contributed by atoms with Crippen LogP contribution in [0.25, 0.3) is 0 Å². The number of halogens is 1. The molecule has 2 rings (SSSR count). The third kappa shape index (κ3) is 4.93. The molecule has 1 aliphatic carbocycles. The minimum atomic E-state index is -1.68. The molecule has 1 aromatic heterocycles. The zero-order chi connectivity index (χ0) is 18.1. The Morgan fingerprint density at radius 2 is 1.88 bits per heavy atom. The van der Waals surface area contributed by atoms with Gasteiger partial charge in [-0.2, -0.15) is 0 Å². The van der Waals surface area contributed by atoms with E-state index in [2.05, 4.69) is 55.1 Å². The fourth-order valence-electron chi connectivity index (χ4n) is 2.87. The fraction of sp³-hybridized carbons (Fsp3) is 0.722. The van der Waals surface area contributed by atoms with Crippen molar-refractivity contribution >= 4 is 47.1 Å². The van der Waals surface area contributed by atoms with Crippen molar-refractivity contribution in [3.05, 3.63) is 14.7 Å². The summed E-state index contributed by atoms with van der Waals surface area (Å²) in [5.74, 6) is 0.128. The summed E-state index contributed by atoms with van der Waals surface area (Å²) in [6.07, 6.45) is 4.80. The SMILES string of the molecule is CC(=O)c1sc(Br)cc1N[C@H]1CC[C@@H](O[Si](C)(C)C(C)(C)C)CC1. The highest BCUT2D eigenvalue weighted by Crippen LogP contribution is 2.39. The van der Waals surface area contributed by atoms with E-state index in [0.717, 1.165) is 40.0 Å². The van der Waals surface area contributed by atoms with Gasteiger partial charge in [0.2, 0.25) is 0 Å². The van der Waals surface area contributed by atoms with Gasteiger partial charge < -0.3 is 9.74 Å². The van der Waals surface area contributed by atoms with Crippen molar-refractivity contribution < 1.29 is 9.22 Å². The fourth-order valence-corrected chi connectivity index (χ4v) is 5.75. The van der Waals surface area contributed by atoms with Gasteiger partial charge in [-0.1, -0.05) is 20.8 Å². The molecule has 3 nitrogen and oxygen atoms in total. The number of anilines is 1. The molecular formula is C18H30BrNO2SSi. The molecule has 6 heteroatoms. The van der Waals surface area contributed by atoms with E-state index in [-0.39, 0.29) is 10.8 Å². The Kier molecular flexibility index (Phi) is 6.38. The van der Waals surface area contributed by atoms with Gasteiger partial charge in [-0.05, 0) is 65.8 Å². The number of rotatable bonds is 5. The predicted molar refractivity (Wildman–Crippen MR) is 110 cm³/mol. The van der Waals surface area contributed by atoms with E-state index < -0.39 is 8.32 Å². The van der Waals surface area contributed by atoms with Gasteiger partial charge in [-0.3, -0.25) is 4.79 Å². The maximum atomic E-state index is 11.8. The maximum Gasteiger partial charge on any atom is 0.192 e. The first-order valence-electron chi connectivity index (χ1n) is 8.74. The van der Waals surface area contributed by atoms with Crippen LogP contribution in [-0.4, -0.2) is 26.2 Å². The molecule has 0 bridgehead atoms. The summed E-state index contributed by atoms with van der Waals surface area (Å²) in [7, 11) is -1.68. The predicted octanol–water partition coefficient (Wildman–Crippen LogP) is 6.46. The molecule has 0 radical (unpaired) electrons. The number of carbonyl (C=O) groups excluding carboxylic acids is 1. The van der Waals surface area contributed by atoms with Crippen molar-refractivity contribution in [1.29, 1.82) is 0 Å². The van der Waals surface area contributed by atoms with Crippen molar-refractivity contribution in [1.82, 2.24) is 0 Å². The molecule has 0 unspecified atom stereocenters. The lowest BCUT2D eigenvalue weighted by atomic mass is 9.93. The molecule has 0 amide bonds. The minimum absolute atomic E-state index is 0.128. The lowest BCUT2D eigenvalue weighted by Crippen LogP contribution is -2.45. The molecule has 1 N–H and O–H groups in total. The zero-order valence-corrected chi connectivity index (χ0v) is 19.1. The topological polar surface area (TPSA) is 38.3 Å². The first-order valence-corrected chi connectivity index (χ1v) is 13.3. The Hall–Kier alpha value is -0.173. The van der Waals surface area contributed by atoms with Crippen LogP contribution in [-0.2, 0) is 4.43 Å². The zero-order valence-electron chi connectivity index (χ0n) is 15.7. The van der Waals surface area contributed by atoms with Crippen LogP contribution >= 0.6 is 27.3 Å². The van der Waals surface area contributed by atoms with E-state index in [0.29, 0.717) is 12.1 Å². The number of carbonyl (C=O) groups is 1. The number of hydrogen-bond donors (Lipinski definition) is 1. The van der Waals surface area contributed by atoms with Crippen LogP contribution in [0.5, 0.6) is 0 Å². The Morgan fingerprint density at radius 1 is 1.29 bits per heavy atom. The number of thiophene rings is 1. The largest absolute Gasteiger partial charge is 0.414 e. The van der Waals surface area contributed by atoms with Crippen LogP contribution in [0.3, 0.4) is 0 Å². The van der Waals surface area contributed by atoms with Crippen molar-refractivity contribution in [3.63, 3.8) is 0 Å². The molecule has 1 saturated carbocycles. The summed E-state index contributed by atoms with van der Waals surface area (Å²) in [5, 5.41) is 3.85. The Bertz CT molecular complexity index is 586. The van der Waals surface area contributed by atoms with Crippen LogP contribution in [0.1, 0.15) is 63.0 Å². The summed E-state index contributed by atoms with van der Waals surface area (Å²) >= 11 is 5.00. The van der Waals surface area contributed by atoms with E-state index in [1.807, 2.05) is 6.07 Å². The van der Waals surface area contributed by atoms with Crippen molar-refractivity contribution in [2.45, 2.75) is 83.7 Å². The summed E-state index contributed by atoms with van der Waals surface area (Å²) in [6.45, 7) is 13.2.